The van der Waals surface area contributed by atoms with Gasteiger partial charge >= 0.3 is 0 Å². The topological polar surface area (TPSA) is 61.7 Å². The third kappa shape index (κ3) is 2.37. The van der Waals surface area contributed by atoms with E-state index in [2.05, 4.69) is 5.32 Å². The van der Waals surface area contributed by atoms with Crippen LogP contribution in [0.25, 0.3) is 0 Å². The number of hydrogen-bond acceptors (Lipinski definition) is 5. The van der Waals surface area contributed by atoms with Crippen LogP contribution in [0.1, 0.15) is 49.3 Å². The molecule has 3 aliphatic rings. The highest BCUT2D eigenvalue weighted by Gasteiger charge is 2.37. The Morgan fingerprint density at radius 2 is 2.14 bits per heavy atom. The molecule has 0 radical (unpaired) electrons. The molecule has 1 aromatic heterocycles. The fraction of sp³-hybridized carbons (Fsp3) is 0.529. The molecule has 2 heterocycles. The van der Waals surface area contributed by atoms with E-state index in [1.54, 1.807) is 11.3 Å². The van der Waals surface area contributed by atoms with E-state index in [0.717, 1.165) is 12.8 Å². The van der Waals surface area contributed by atoms with Crippen LogP contribution in [0.5, 0.6) is 0 Å². The average molecular weight is 316 g/mol. The molecule has 2 N–H and O–H groups in total. The zero-order valence-corrected chi connectivity index (χ0v) is 13.2. The molecule has 1 aromatic rings. The molecule has 1 unspecified atom stereocenters. The lowest BCUT2D eigenvalue weighted by Crippen LogP contribution is -2.39. The first-order chi connectivity index (χ1) is 10.7. The smallest absolute Gasteiger partial charge is 0.170 e. The van der Waals surface area contributed by atoms with Crippen molar-refractivity contribution < 1.29 is 9.90 Å². The minimum Gasteiger partial charge on any atom is -0.511 e. The summed E-state index contributed by atoms with van der Waals surface area (Å²) in [6, 6.07) is 4.67. The lowest BCUT2D eigenvalue weighted by atomic mass is 9.85. The van der Waals surface area contributed by atoms with Gasteiger partial charge in [0.15, 0.2) is 5.78 Å². The van der Waals surface area contributed by atoms with Crippen LogP contribution in [-0.2, 0) is 4.79 Å². The Labute approximate surface area is 134 Å². The van der Waals surface area contributed by atoms with Crippen molar-refractivity contribution in [3.63, 3.8) is 0 Å². The number of carbonyl (C=O) groups is 1. The Balaban J connectivity index is 1.59. The summed E-state index contributed by atoms with van der Waals surface area (Å²) in [5, 5.41) is 15.8. The number of hydrogen-bond donors (Lipinski definition) is 2. The highest BCUT2D eigenvalue weighted by molar-refractivity contribution is 7.10. The molecule has 0 saturated heterocycles. The molecular weight excluding hydrogens is 296 g/mol. The van der Waals surface area contributed by atoms with E-state index in [4.69, 9.17) is 4.99 Å². The molecule has 1 saturated carbocycles. The van der Waals surface area contributed by atoms with E-state index in [1.165, 1.54) is 17.7 Å². The third-order valence-electron chi connectivity index (χ3n) is 4.97. The zero-order chi connectivity index (χ0) is 15.1. The van der Waals surface area contributed by atoms with E-state index in [9.17, 15) is 9.90 Å². The summed E-state index contributed by atoms with van der Waals surface area (Å²) < 4.78 is 0. The number of ketones is 1. The van der Waals surface area contributed by atoms with E-state index < -0.39 is 0 Å². The van der Waals surface area contributed by atoms with E-state index in [0.29, 0.717) is 30.3 Å². The Morgan fingerprint density at radius 3 is 2.86 bits per heavy atom. The number of fused-ring (bicyclic) bond motifs is 1. The molecule has 0 spiro atoms. The molecule has 22 heavy (non-hydrogen) atoms. The lowest BCUT2D eigenvalue weighted by Gasteiger charge is -2.24. The van der Waals surface area contributed by atoms with Gasteiger partial charge in [-0.2, -0.15) is 0 Å². The van der Waals surface area contributed by atoms with Crippen LogP contribution in [-0.4, -0.2) is 28.8 Å². The van der Waals surface area contributed by atoms with Gasteiger partial charge in [-0.25, -0.2) is 0 Å². The Morgan fingerprint density at radius 1 is 1.27 bits per heavy atom. The van der Waals surface area contributed by atoms with E-state index >= 15 is 0 Å². The monoisotopic (exact) mass is 316 g/mol. The number of thiophene rings is 1. The Hall–Kier alpha value is -1.62. The van der Waals surface area contributed by atoms with Crippen LogP contribution in [0.3, 0.4) is 0 Å². The van der Waals surface area contributed by atoms with Crippen LogP contribution in [0, 0.1) is 0 Å². The normalized spacial score (nSPS) is 31.7. The molecule has 1 fully saturated rings. The molecule has 5 heteroatoms. The van der Waals surface area contributed by atoms with Crippen molar-refractivity contribution in [2.45, 2.75) is 56.5 Å². The molecule has 116 valence electrons. The summed E-state index contributed by atoms with van der Waals surface area (Å²) in [5.74, 6) is 0.983. The number of rotatable bonds is 2. The first-order valence-electron chi connectivity index (χ1n) is 8.06. The van der Waals surface area contributed by atoms with Crippen molar-refractivity contribution in [1.82, 2.24) is 5.32 Å². The maximum atomic E-state index is 12.6. The molecular formula is C17H20N2O2S. The summed E-state index contributed by atoms with van der Waals surface area (Å²) in [7, 11) is 0. The van der Waals surface area contributed by atoms with Gasteiger partial charge in [0.05, 0.1) is 11.6 Å². The fourth-order valence-electron chi connectivity index (χ4n) is 3.84. The van der Waals surface area contributed by atoms with Crippen LogP contribution in [0.4, 0.5) is 0 Å². The number of nitrogens with zero attached hydrogens (tertiary/aromatic N) is 1. The summed E-state index contributed by atoms with van der Waals surface area (Å²) >= 11 is 1.65. The number of Topliss-reactive ketones (excluding diaryl/α,β-unsaturated/α-hetero) is 1. The van der Waals surface area contributed by atoms with Crippen LogP contribution in [0.15, 0.2) is 33.8 Å². The van der Waals surface area contributed by atoms with Gasteiger partial charge in [0.25, 0.3) is 0 Å². The quantitative estimate of drug-likeness (QED) is 0.880. The van der Waals surface area contributed by atoms with Gasteiger partial charge in [0.2, 0.25) is 0 Å². The summed E-state index contributed by atoms with van der Waals surface area (Å²) in [6.07, 6.45) is 5.63. The van der Waals surface area contributed by atoms with Gasteiger partial charge in [0, 0.05) is 29.7 Å². The second-order valence-corrected chi connectivity index (χ2v) is 7.43. The molecule has 2 aliphatic carbocycles. The average Bonchev–Trinajstić information content (AvgIpc) is 3.16. The second-order valence-electron chi connectivity index (χ2n) is 6.45. The van der Waals surface area contributed by atoms with E-state index in [1.807, 2.05) is 17.5 Å². The van der Waals surface area contributed by atoms with Gasteiger partial charge in [-0.3, -0.25) is 9.79 Å². The number of allylic oxidation sites excluding steroid dienone is 1. The van der Waals surface area contributed by atoms with Crippen LogP contribution < -0.4 is 5.32 Å². The van der Waals surface area contributed by atoms with Crippen molar-refractivity contribution >= 4 is 23.0 Å². The van der Waals surface area contributed by atoms with Crippen LogP contribution in [0.2, 0.25) is 0 Å². The first kappa shape index (κ1) is 14.0. The van der Waals surface area contributed by atoms with Gasteiger partial charge in [-0.1, -0.05) is 18.9 Å². The Bertz CT molecular complexity index is 648. The van der Waals surface area contributed by atoms with Gasteiger partial charge in [-0.05, 0) is 24.3 Å². The summed E-state index contributed by atoms with van der Waals surface area (Å²) in [5.41, 5.74) is 0.446. The third-order valence-corrected chi connectivity index (χ3v) is 6.00. The number of aliphatic hydroxyl groups is 1. The summed E-state index contributed by atoms with van der Waals surface area (Å²) in [4.78, 5) is 18.4. The van der Waals surface area contributed by atoms with Crippen molar-refractivity contribution in [3.8, 4) is 0 Å². The molecule has 4 nitrogen and oxygen atoms in total. The number of aliphatic hydroxyl groups excluding tert-OH is 1. The Kier molecular flexibility index (Phi) is 3.53. The molecule has 0 bridgehead atoms. The minimum absolute atomic E-state index is 0.0204. The highest BCUT2D eigenvalue weighted by atomic mass is 32.1. The standard InChI is InChI=1S/C17H20N2O2S/c20-13-8-10(15-6-3-7-22-15)9-14(21)16(13)17-18-11-4-1-2-5-12(11)19-17/h3,6-7,10-12,20H,1-2,4-5,8-9H2,(H,18,19)/t10?,11-,12+. The van der Waals surface area contributed by atoms with Crippen molar-refractivity contribution in [1.29, 1.82) is 0 Å². The lowest BCUT2D eigenvalue weighted by molar-refractivity contribution is -0.116. The predicted octanol–water partition coefficient (Wildman–Crippen LogP) is 3.32. The minimum atomic E-state index is 0.0204. The number of nitrogens with one attached hydrogen (secondary N) is 1. The summed E-state index contributed by atoms with van der Waals surface area (Å²) in [6.45, 7) is 0. The van der Waals surface area contributed by atoms with Crippen molar-refractivity contribution in [2.24, 2.45) is 4.99 Å². The molecule has 0 aromatic carbocycles. The van der Waals surface area contributed by atoms with Crippen molar-refractivity contribution in [2.75, 3.05) is 0 Å². The second kappa shape index (κ2) is 5.54. The maximum absolute atomic E-state index is 12.6. The number of aliphatic imine (C=N–C) groups is 1. The first-order valence-corrected chi connectivity index (χ1v) is 8.94. The van der Waals surface area contributed by atoms with Gasteiger partial charge < -0.3 is 10.4 Å². The molecule has 3 atom stereocenters. The van der Waals surface area contributed by atoms with E-state index in [-0.39, 0.29) is 23.5 Å². The van der Waals surface area contributed by atoms with Crippen LogP contribution >= 0.6 is 11.3 Å². The maximum Gasteiger partial charge on any atom is 0.170 e. The van der Waals surface area contributed by atoms with Gasteiger partial charge in [-0.15, -0.1) is 11.3 Å². The van der Waals surface area contributed by atoms with Gasteiger partial charge in [0.1, 0.15) is 11.6 Å². The molecule has 4 rings (SSSR count). The van der Waals surface area contributed by atoms with Crippen molar-refractivity contribution in [3.05, 3.63) is 33.7 Å². The largest absolute Gasteiger partial charge is 0.511 e. The SMILES string of the molecule is O=C1CC(c2cccs2)CC(O)=C1C1=N[C@H]2CCCC[C@H]2N1. The molecule has 0 amide bonds. The number of carbonyl (C=O) groups excluding carboxylic acids is 1. The fourth-order valence-corrected chi connectivity index (χ4v) is 4.67. The number of amidine groups is 1. The predicted molar refractivity (Wildman–Crippen MR) is 87.6 cm³/mol. The zero-order valence-electron chi connectivity index (χ0n) is 12.4. The highest BCUT2D eigenvalue weighted by Crippen LogP contribution is 2.37. The molecule has 1 aliphatic heterocycles.